The first kappa shape index (κ1) is 13.3. The summed E-state index contributed by atoms with van der Waals surface area (Å²) in [6.45, 7) is 2.37. The number of nitrogens with zero attached hydrogens (tertiary/aromatic N) is 1. The van der Waals surface area contributed by atoms with Gasteiger partial charge in [-0.3, -0.25) is 9.78 Å². The molecule has 102 valence electrons. The van der Waals surface area contributed by atoms with Gasteiger partial charge in [-0.05, 0) is 38.7 Å². The van der Waals surface area contributed by atoms with E-state index >= 15 is 0 Å². The maximum absolute atomic E-state index is 12.0. The van der Waals surface area contributed by atoms with E-state index in [0.29, 0.717) is 12.1 Å². The first-order chi connectivity index (χ1) is 9.72. The summed E-state index contributed by atoms with van der Waals surface area (Å²) in [4.78, 5) is 16.0. The van der Waals surface area contributed by atoms with Crippen molar-refractivity contribution in [2.45, 2.75) is 19.6 Å². The Bertz CT molecular complexity index is 657. The lowest BCUT2D eigenvalue weighted by Gasteiger charge is -2.07. The molecule has 1 aliphatic heterocycles. The molecule has 0 atom stereocenters. The highest BCUT2D eigenvalue weighted by molar-refractivity contribution is 9.10. The average Bonchev–Trinajstić information content (AvgIpc) is 2.92. The first-order valence-electron chi connectivity index (χ1n) is 6.42. The topological polar surface area (TPSA) is 54.0 Å². The Balaban J connectivity index is 1.66. The zero-order valence-electron chi connectivity index (χ0n) is 10.8. The SMILES string of the molecule is O=C(NCc1ccc2c(c1)CNC2)c1cncc(Br)c1. The summed E-state index contributed by atoms with van der Waals surface area (Å²) < 4.78 is 0.800. The van der Waals surface area contributed by atoms with Gasteiger partial charge in [-0.2, -0.15) is 0 Å². The van der Waals surface area contributed by atoms with E-state index in [9.17, 15) is 4.79 Å². The summed E-state index contributed by atoms with van der Waals surface area (Å²) in [5, 5.41) is 6.22. The summed E-state index contributed by atoms with van der Waals surface area (Å²) in [5.41, 5.74) is 4.34. The van der Waals surface area contributed by atoms with Crippen molar-refractivity contribution in [2.75, 3.05) is 0 Å². The molecule has 1 aliphatic rings. The summed E-state index contributed by atoms with van der Waals surface area (Å²) in [6, 6.07) is 8.09. The van der Waals surface area contributed by atoms with Crippen molar-refractivity contribution in [1.82, 2.24) is 15.6 Å². The maximum atomic E-state index is 12.0. The molecule has 0 saturated carbocycles. The fourth-order valence-corrected chi connectivity index (χ4v) is 2.64. The predicted octanol–water partition coefficient (Wildman–Crippen LogP) is 2.38. The van der Waals surface area contributed by atoms with Crippen LogP contribution in [-0.4, -0.2) is 10.9 Å². The molecule has 0 radical (unpaired) electrons. The molecule has 0 aliphatic carbocycles. The largest absolute Gasteiger partial charge is 0.348 e. The van der Waals surface area contributed by atoms with E-state index in [1.165, 1.54) is 11.1 Å². The third-order valence-corrected chi connectivity index (χ3v) is 3.76. The van der Waals surface area contributed by atoms with Gasteiger partial charge in [-0.25, -0.2) is 0 Å². The molecule has 0 unspecified atom stereocenters. The number of carbonyl (C=O) groups excluding carboxylic acids is 1. The van der Waals surface area contributed by atoms with Crippen molar-refractivity contribution in [3.63, 3.8) is 0 Å². The van der Waals surface area contributed by atoms with Crippen LogP contribution in [0, 0.1) is 0 Å². The lowest BCUT2D eigenvalue weighted by molar-refractivity contribution is 0.0950. The van der Waals surface area contributed by atoms with Crippen LogP contribution in [0.15, 0.2) is 41.1 Å². The molecule has 2 heterocycles. The number of carbonyl (C=O) groups is 1. The van der Waals surface area contributed by atoms with Crippen molar-refractivity contribution in [2.24, 2.45) is 0 Å². The number of halogens is 1. The van der Waals surface area contributed by atoms with Crippen molar-refractivity contribution < 1.29 is 4.79 Å². The van der Waals surface area contributed by atoms with Gasteiger partial charge in [-0.15, -0.1) is 0 Å². The Morgan fingerprint density at radius 1 is 1.25 bits per heavy atom. The smallest absolute Gasteiger partial charge is 0.253 e. The Morgan fingerprint density at radius 2 is 2.10 bits per heavy atom. The molecule has 1 aromatic heterocycles. The molecular formula is C15H14BrN3O. The molecule has 2 aromatic rings. The highest BCUT2D eigenvalue weighted by Crippen LogP contribution is 2.17. The Hall–Kier alpha value is -1.72. The van der Waals surface area contributed by atoms with Gasteiger partial charge in [0.2, 0.25) is 0 Å². The van der Waals surface area contributed by atoms with Crippen molar-refractivity contribution >= 4 is 21.8 Å². The van der Waals surface area contributed by atoms with E-state index < -0.39 is 0 Å². The number of hydrogen-bond donors (Lipinski definition) is 2. The number of nitrogens with one attached hydrogen (secondary N) is 2. The monoisotopic (exact) mass is 331 g/mol. The maximum Gasteiger partial charge on any atom is 0.253 e. The van der Waals surface area contributed by atoms with Gasteiger partial charge in [0.15, 0.2) is 0 Å². The van der Waals surface area contributed by atoms with Crippen LogP contribution < -0.4 is 10.6 Å². The van der Waals surface area contributed by atoms with Crippen LogP contribution in [0.1, 0.15) is 27.0 Å². The number of fused-ring (bicyclic) bond motifs is 1. The number of amides is 1. The second-order valence-electron chi connectivity index (χ2n) is 4.78. The Labute approximate surface area is 125 Å². The molecule has 0 saturated heterocycles. The van der Waals surface area contributed by atoms with Gasteiger partial charge >= 0.3 is 0 Å². The number of benzene rings is 1. The van der Waals surface area contributed by atoms with Crippen LogP contribution in [0.5, 0.6) is 0 Å². The van der Waals surface area contributed by atoms with Crippen molar-refractivity contribution in [3.05, 3.63) is 63.4 Å². The lowest BCUT2D eigenvalue weighted by atomic mass is 10.1. The zero-order valence-corrected chi connectivity index (χ0v) is 12.4. The number of aromatic nitrogens is 1. The van der Waals surface area contributed by atoms with Crippen LogP contribution in [-0.2, 0) is 19.6 Å². The third kappa shape index (κ3) is 2.89. The average molecular weight is 332 g/mol. The highest BCUT2D eigenvalue weighted by Gasteiger charge is 2.11. The number of pyridine rings is 1. The van der Waals surface area contributed by atoms with Gasteiger partial charge in [0, 0.05) is 36.5 Å². The molecule has 1 aromatic carbocycles. The van der Waals surface area contributed by atoms with Crippen LogP contribution >= 0.6 is 15.9 Å². The van der Waals surface area contributed by atoms with Gasteiger partial charge in [0.1, 0.15) is 0 Å². The summed E-state index contributed by atoms with van der Waals surface area (Å²) >= 11 is 3.31. The van der Waals surface area contributed by atoms with Gasteiger partial charge < -0.3 is 10.6 Å². The van der Waals surface area contributed by atoms with E-state index in [4.69, 9.17) is 0 Å². The Morgan fingerprint density at radius 3 is 2.95 bits per heavy atom. The van der Waals surface area contributed by atoms with Gasteiger partial charge in [0.25, 0.3) is 5.91 Å². The molecule has 5 heteroatoms. The van der Waals surface area contributed by atoms with E-state index in [0.717, 1.165) is 23.1 Å². The quantitative estimate of drug-likeness (QED) is 0.907. The molecular weight excluding hydrogens is 318 g/mol. The van der Waals surface area contributed by atoms with Crippen LogP contribution in [0.2, 0.25) is 0 Å². The van der Waals surface area contributed by atoms with Gasteiger partial charge in [-0.1, -0.05) is 18.2 Å². The van der Waals surface area contributed by atoms with E-state index in [1.54, 1.807) is 18.5 Å². The molecule has 3 rings (SSSR count). The van der Waals surface area contributed by atoms with Crippen molar-refractivity contribution in [1.29, 1.82) is 0 Å². The zero-order chi connectivity index (χ0) is 13.9. The van der Waals surface area contributed by atoms with Crippen LogP contribution in [0.4, 0.5) is 0 Å². The highest BCUT2D eigenvalue weighted by atomic mass is 79.9. The summed E-state index contributed by atoms with van der Waals surface area (Å²) in [5.74, 6) is -0.113. The Kier molecular flexibility index (Phi) is 3.80. The normalized spacial score (nSPS) is 13.1. The third-order valence-electron chi connectivity index (χ3n) is 3.32. The summed E-state index contributed by atoms with van der Waals surface area (Å²) in [6.07, 6.45) is 3.22. The fourth-order valence-electron chi connectivity index (χ4n) is 2.28. The van der Waals surface area contributed by atoms with Gasteiger partial charge in [0.05, 0.1) is 5.56 Å². The van der Waals surface area contributed by atoms with Crippen LogP contribution in [0.25, 0.3) is 0 Å². The molecule has 0 fully saturated rings. The van der Waals surface area contributed by atoms with E-state index in [-0.39, 0.29) is 5.91 Å². The molecule has 1 amide bonds. The second kappa shape index (κ2) is 5.73. The van der Waals surface area contributed by atoms with Crippen molar-refractivity contribution in [3.8, 4) is 0 Å². The molecule has 2 N–H and O–H groups in total. The molecule has 0 bridgehead atoms. The fraction of sp³-hybridized carbons (Fsp3) is 0.200. The minimum atomic E-state index is -0.113. The minimum Gasteiger partial charge on any atom is -0.348 e. The molecule has 20 heavy (non-hydrogen) atoms. The number of rotatable bonds is 3. The second-order valence-corrected chi connectivity index (χ2v) is 5.70. The molecule has 4 nitrogen and oxygen atoms in total. The minimum absolute atomic E-state index is 0.113. The van der Waals surface area contributed by atoms with E-state index in [2.05, 4.69) is 49.7 Å². The lowest BCUT2D eigenvalue weighted by Crippen LogP contribution is -2.23. The first-order valence-corrected chi connectivity index (χ1v) is 7.22. The van der Waals surface area contributed by atoms with Crippen LogP contribution in [0.3, 0.4) is 0 Å². The standard InChI is InChI=1S/C15H14BrN3O/c16-14-4-13(8-18-9-14)15(20)19-5-10-1-2-11-6-17-7-12(11)3-10/h1-4,8-9,17H,5-7H2,(H,19,20). The predicted molar refractivity (Wildman–Crippen MR) is 80.1 cm³/mol. The van der Waals surface area contributed by atoms with E-state index in [1.807, 2.05) is 0 Å². The number of hydrogen-bond acceptors (Lipinski definition) is 3. The molecule has 0 spiro atoms. The summed E-state index contributed by atoms with van der Waals surface area (Å²) in [7, 11) is 0.